The molecule has 8 nitrogen and oxygen atoms in total. The zero-order valence-corrected chi connectivity index (χ0v) is 22.6. The Labute approximate surface area is 219 Å². The number of phenols is 1. The van der Waals surface area contributed by atoms with Crippen molar-refractivity contribution in [3.8, 4) is 17.2 Å². The number of thiazole rings is 1. The van der Waals surface area contributed by atoms with Crippen molar-refractivity contribution in [3.63, 3.8) is 0 Å². The number of allylic oxidation sites excluding steroid dienone is 1. The number of phenolic OH excluding ortho intramolecular Hbond substituents is 1. The fraction of sp³-hybridized carbons (Fsp3) is 0.269. The second-order valence-corrected chi connectivity index (χ2v) is 9.71. The number of hydrogen-bond acceptors (Lipinski definition) is 8. The summed E-state index contributed by atoms with van der Waals surface area (Å²) in [5.41, 5.74) is 1.82. The molecular formula is C26H25BrN2O6S. The van der Waals surface area contributed by atoms with Crippen LogP contribution >= 0.6 is 27.3 Å². The van der Waals surface area contributed by atoms with Gasteiger partial charge in [0.1, 0.15) is 5.75 Å². The van der Waals surface area contributed by atoms with E-state index in [0.29, 0.717) is 43.2 Å². The Balaban J connectivity index is 1.99. The minimum absolute atomic E-state index is 0.137. The summed E-state index contributed by atoms with van der Waals surface area (Å²) in [4.78, 5) is 31.9. The van der Waals surface area contributed by atoms with Gasteiger partial charge in [0.2, 0.25) is 0 Å². The van der Waals surface area contributed by atoms with Crippen LogP contribution in [0.4, 0.5) is 0 Å². The molecule has 0 unspecified atom stereocenters. The van der Waals surface area contributed by atoms with E-state index >= 15 is 0 Å². The Morgan fingerprint density at radius 1 is 1.19 bits per heavy atom. The van der Waals surface area contributed by atoms with E-state index in [4.69, 9.17) is 14.2 Å². The number of halogens is 1. The van der Waals surface area contributed by atoms with Crippen LogP contribution in [-0.4, -0.2) is 36.0 Å². The summed E-state index contributed by atoms with van der Waals surface area (Å²) in [6, 6.07) is 9.26. The lowest BCUT2D eigenvalue weighted by atomic mass is 9.95. The maximum Gasteiger partial charge on any atom is 0.338 e. The van der Waals surface area contributed by atoms with Gasteiger partial charge in [0.05, 0.1) is 42.2 Å². The number of aromatic hydroxyl groups is 1. The van der Waals surface area contributed by atoms with Crippen molar-refractivity contribution < 1.29 is 24.1 Å². The molecule has 36 heavy (non-hydrogen) atoms. The Morgan fingerprint density at radius 3 is 2.56 bits per heavy atom. The highest BCUT2D eigenvalue weighted by Gasteiger charge is 2.35. The maximum absolute atomic E-state index is 13.7. The molecule has 1 aliphatic rings. The number of ether oxygens (including phenoxy) is 3. The lowest BCUT2D eigenvalue weighted by Gasteiger charge is -2.26. The van der Waals surface area contributed by atoms with Gasteiger partial charge >= 0.3 is 5.97 Å². The fourth-order valence-electron chi connectivity index (χ4n) is 4.00. The molecular weight excluding hydrogens is 548 g/mol. The number of hydrogen-bond donors (Lipinski definition) is 1. The number of esters is 1. The average Bonchev–Trinajstić information content (AvgIpc) is 3.14. The van der Waals surface area contributed by atoms with Gasteiger partial charge in [0.25, 0.3) is 5.56 Å². The monoisotopic (exact) mass is 572 g/mol. The molecule has 1 aliphatic heterocycles. The maximum atomic E-state index is 13.7. The van der Waals surface area contributed by atoms with Crippen LogP contribution in [0.2, 0.25) is 0 Å². The van der Waals surface area contributed by atoms with Gasteiger partial charge in [-0.1, -0.05) is 39.4 Å². The summed E-state index contributed by atoms with van der Waals surface area (Å²) in [6.07, 6.45) is 1.73. The first-order valence-corrected chi connectivity index (χ1v) is 12.9. The van der Waals surface area contributed by atoms with Crippen LogP contribution in [-0.2, 0) is 9.53 Å². The summed E-state index contributed by atoms with van der Waals surface area (Å²) in [7, 11) is 1.53. The quantitative estimate of drug-likeness (QED) is 0.434. The smallest absolute Gasteiger partial charge is 0.338 e. The summed E-state index contributed by atoms with van der Waals surface area (Å²) in [6.45, 7) is 5.96. The van der Waals surface area contributed by atoms with E-state index in [9.17, 15) is 14.7 Å². The number of methoxy groups -OCH3 is 1. The highest BCUT2D eigenvalue weighted by atomic mass is 79.9. The summed E-state index contributed by atoms with van der Waals surface area (Å²) in [5.74, 6) is 0.599. The largest absolute Gasteiger partial charge is 0.508 e. The zero-order chi connectivity index (χ0) is 26.0. The van der Waals surface area contributed by atoms with Crippen molar-refractivity contribution >= 4 is 39.3 Å². The molecule has 4 rings (SSSR count). The van der Waals surface area contributed by atoms with Gasteiger partial charge in [0, 0.05) is 4.47 Å². The number of carbonyl (C=O) groups excluding carboxylic acids is 1. The van der Waals surface area contributed by atoms with Gasteiger partial charge in [-0.05, 0) is 62.2 Å². The minimum atomic E-state index is -0.804. The van der Waals surface area contributed by atoms with E-state index in [1.807, 2.05) is 6.92 Å². The molecule has 0 aliphatic carbocycles. The number of aromatic nitrogens is 1. The number of carbonyl (C=O) groups is 1. The molecule has 0 fully saturated rings. The first-order valence-electron chi connectivity index (χ1n) is 11.3. The number of rotatable bonds is 7. The van der Waals surface area contributed by atoms with Crippen LogP contribution in [0, 0.1) is 0 Å². The van der Waals surface area contributed by atoms with E-state index in [1.165, 1.54) is 23.0 Å². The Hall–Kier alpha value is -3.37. The second-order valence-electron chi connectivity index (χ2n) is 7.85. The van der Waals surface area contributed by atoms with Gasteiger partial charge < -0.3 is 19.3 Å². The molecule has 0 bridgehead atoms. The van der Waals surface area contributed by atoms with Gasteiger partial charge in [-0.3, -0.25) is 9.36 Å². The van der Waals surface area contributed by atoms with Gasteiger partial charge in [-0.15, -0.1) is 0 Å². The fourth-order valence-corrected chi connectivity index (χ4v) is 5.58. The Bertz CT molecular complexity index is 1520. The summed E-state index contributed by atoms with van der Waals surface area (Å²) in [5, 5.41) is 9.58. The van der Waals surface area contributed by atoms with Gasteiger partial charge in [-0.25, -0.2) is 9.79 Å². The molecule has 2 heterocycles. The SMILES string of the molecule is CCOC(=O)C1=C(C)N=c2s/c(=C/c3ccc(O)cc3)c(=O)n2[C@H]1c1cc(OC)c(OCC)cc1Br. The molecule has 0 amide bonds. The zero-order valence-electron chi connectivity index (χ0n) is 20.2. The van der Waals surface area contributed by atoms with Crippen LogP contribution in [0.1, 0.15) is 37.9 Å². The summed E-state index contributed by atoms with van der Waals surface area (Å²) >= 11 is 4.84. The van der Waals surface area contributed by atoms with Crippen molar-refractivity contribution in [3.05, 3.63) is 83.0 Å². The van der Waals surface area contributed by atoms with Crippen molar-refractivity contribution in [1.29, 1.82) is 0 Å². The van der Waals surface area contributed by atoms with Crippen LogP contribution in [0.5, 0.6) is 17.2 Å². The normalized spacial score (nSPS) is 15.4. The predicted octanol–water partition coefficient (Wildman–Crippen LogP) is 3.67. The molecule has 2 aromatic carbocycles. The average molecular weight is 573 g/mol. The van der Waals surface area contributed by atoms with Crippen molar-refractivity contribution in [1.82, 2.24) is 4.57 Å². The molecule has 1 N–H and O–H groups in total. The van der Waals surface area contributed by atoms with E-state index in [2.05, 4.69) is 20.9 Å². The Kier molecular flexibility index (Phi) is 7.65. The highest BCUT2D eigenvalue weighted by molar-refractivity contribution is 9.10. The van der Waals surface area contributed by atoms with Crippen LogP contribution in [0.25, 0.3) is 6.08 Å². The van der Waals surface area contributed by atoms with E-state index in [1.54, 1.807) is 56.3 Å². The molecule has 10 heteroatoms. The van der Waals surface area contributed by atoms with Crippen LogP contribution < -0.4 is 24.4 Å². The van der Waals surface area contributed by atoms with Crippen LogP contribution in [0.15, 0.2) is 61.9 Å². The lowest BCUT2D eigenvalue weighted by molar-refractivity contribution is -0.139. The summed E-state index contributed by atoms with van der Waals surface area (Å²) < 4.78 is 19.2. The minimum Gasteiger partial charge on any atom is -0.508 e. The van der Waals surface area contributed by atoms with E-state index in [0.717, 1.165) is 5.56 Å². The first-order chi connectivity index (χ1) is 17.3. The third-order valence-corrected chi connectivity index (χ3v) is 7.25. The molecule has 0 saturated carbocycles. The van der Waals surface area contributed by atoms with Gasteiger partial charge in [0.15, 0.2) is 16.3 Å². The number of nitrogens with zero attached hydrogens (tertiary/aromatic N) is 2. The third-order valence-electron chi connectivity index (χ3n) is 5.59. The topological polar surface area (TPSA) is 99.4 Å². The third kappa shape index (κ3) is 4.83. The first kappa shape index (κ1) is 25.7. The van der Waals surface area contributed by atoms with E-state index in [-0.39, 0.29) is 23.5 Å². The lowest BCUT2D eigenvalue weighted by Crippen LogP contribution is -2.40. The van der Waals surface area contributed by atoms with Crippen LogP contribution in [0.3, 0.4) is 0 Å². The number of fused-ring (bicyclic) bond motifs is 1. The molecule has 0 saturated heterocycles. The van der Waals surface area contributed by atoms with E-state index < -0.39 is 12.0 Å². The van der Waals surface area contributed by atoms with Gasteiger partial charge in [-0.2, -0.15) is 0 Å². The predicted molar refractivity (Wildman–Crippen MR) is 140 cm³/mol. The standard InChI is InChI=1S/C26H25BrN2O6S/c1-5-34-20-13-18(27)17(12-19(20)33-4)23-22(25(32)35-6-2)14(3)28-26-29(23)24(31)21(36-26)11-15-7-9-16(30)10-8-15/h7-13,23,30H,5-6H2,1-4H3/b21-11+/t23-/m0/s1. The molecule has 1 aromatic heterocycles. The molecule has 1 atom stereocenters. The van der Waals surface area contributed by atoms with Crippen molar-refractivity contribution in [2.75, 3.05) is 20.3 Å². The van der Waals surface area contributed by atoms with Crippen molar-refractivity contribution in [2.45, 2.75) is 26.8 Å². The molecule has 3 aromatic rings. The molecule has 188 valence electrons. The Morgan fingerprint density at radius 2 is 1.92 bits per heavy atom. The molecule has 0 spiro atoms. The second kappa shape index (κ2) is 10.7. The van der Waals surface area contributed by atoms with Crippen molar-refractivity contribution in [2.24, 2.45) is 4.99 Å². The number of benzene rings is 2. The highest BCUT2D eigenvalue weighted by Crippen LogP contribution is 2.41. The molecule has 0 radical (unpaired) electrons.